The summed E-state index contributed by atoms with van der Waals surface area (Å²) in [5.74, 6) is 0. The van der Waals surface area contributed by atoms with E-state index in [0.717, 1.165) is 13.0 Å². The van der Waals surface area contributed by atoms with Gasteiger partial charge >= 0.3 is 0 Å². The molecule has 1 heteroatoms. The van der Waals surface area contributed by atoms with Gasteiger partial charge in [0.25, 0.3) is 0 Å². The van der Waals surface area contributed by atoms with Crippen LogP contribution in [0, 0.1) is 0 Å². The quantitative estimate of drug-likeness (QED) is 0.501. The van der Waals surface area contributed by atoms with E-state index in [1.54, 1.807) is 0 Å². The van der Waals surface area contributed by atoms with Crippen molar-refractivity contribution in [2.45, 2.75) is 34.1 Å². The van der Waals surface area contributed by atoms with E-state index in [1.165, 1.54) is 11.3 Å². The minimum atomic E-state index is 1.06. The Bertz CT molecular complexity index is 177. The van der Waals surface area contributed by atoms with E-state index in [-0.39, 0.29) is 0 Å². The molecule has 0 atom stereocenters. The van der Waals surface area contributed by atoms with Gasteiger partial charge in [0.15, 0.2) is 0 Å². The molecule has 0 spiro atoms. The first-order chi connectivity index (χ1) is 5.72. The molecule has 0 aromatic heterocycles. The van der Waals surface area contributed by atoms with Crippen LogP contribution in [-0.2, 0) is 0 Å². The zero-order chi connectivity index (χ0) is 9.56. The van der Waals surface area contributed by atoms with Crippen LogP contribution < -0.4 is 0 Å². The Labute approximate surface area is 76.8 Å². The largest absolute Gasteiger partial charge is 0.374 e. The van der Waals surface area contributed by atoms with Crippen molar-refractivity contribution in [3.63, 3.8) is 0 Å². The van der Waals surface area contributed by atoms with Gasteiger partial charge in [0, 0.05) is 19.3 Å². The maximum atomic E-state index is 2.28. The highest BCUT2D eigenvalue weighted by Crippen LogP contribution is 2.14. The Hall–Kier alpha value is -0.720. The summed E-state index contributed by atoms with van der Waals surface area (Å²) in [6, 6.07) is 0. The van der Waals surface area contributed by atoms with Gasteiger partial charge in [-0.05, 0) is 20.3 Å². The summed E-state index contributed by atoms with van der Waals surface area (Å²) in [7, 11) is 2.13. The molecule has 0 amide bonds. The Balaban J connectivity index is 0.000000561. The van der Waals surface area contributed by atoms with E-state index in [1.807, 2.05) is 13.8 Å². The van der Waals surface area contributed by atoms with Crippen LogP contribution >= 0.6 is 0 Å². The van der Waals surface area contributed by atoms with E-state index in [4.69, 9.17) is 0 Å². The third kappa shape index (κ3) is 3.12. The van der Waals surface area contributed by atoms with Crippen LogP contribution in [0.5, 0.6) is 0 Å². The second-order valence-corrected chi connectivity index (χ2v) is 2.92. The molecule has 0 saturated heterocycles. The van der Waals surface area contributed by atoms with Crippen molar-refractivity contribution in [2.75, 3.05) is 13.6 Å². The summed E-state index contributed by atoms with van der Waals surface area (Å²) in [6.45, 7) is 9.44. The van der Waals surface area contributed by atoms with Gasteiger partial charge in [-0.2, -0.15) is 0 Å². The van der Waals surface area contributed by atoms with Crippen molar-refractivity contribution >= 4 is 0 Å². The topological polar surface area (TPSA) is 3.24 Å². The van der Waals surface area contributed by atoms with E-state index in [9.17, 15) is 0 Å². The highest BCUT2D eigenvalue weighted by Gasteiger charge is 2.02. The van der Waals surface area contributed by atoms with Crippen LogP contribution in [0.1, 0.15) is 34.1 Å². The molecule has 0 aromatic rings. The fourth-order valence-corrected chi connectivity index (χ4v) is 1.10. The first kappa shape index (κ1) is 11.3. The second-order valence-electron chi connectivity index (χ2n) is 2.92. The van der Waals surface area contributed by atoms with Crippen molar-refractivity contribution < 1.29 is 0 Å². The van der Waals surface area contributed by atoms with Crippen molar-refractivity contribution in [1.82, 2.24) is 4.90 Å². The number of allylic oxidation sites excluding steroid dienone is 3. The minimum absolute atomic E-state index is 1.06. The van der Waals surface area contributed by atoms with Crippen molar-refractivity contribution in [2.24, 2.45) is 0 Å². The second kappa shape index (κ2) is 5.87. The molecule has 70 valence electrons. The minimum Gasteiger partial charge on any atom is -0.374 e. The lowest BCUT2D eigenvalue weighted by molar-refractivity contribution is 0.462. The lowest BCUT2D eigenvalue weighted by atomic mass is 10.2. The number of likely N-dealkylation sites (N-methyl/N-ethyl adjacent to an activating group) is 1. The highest BCUT2D eigenvalue weighted by atomic mass is 15.1. The average molecular weight is 167 g/mol. The first-order valence-corrected chi connectivity index (χ1v) is 4.74. The summed E-state index contributed by atoms with van der Waals surface area (Å²) in [5, 5.41) is 0. The molecule has 1 aliphatic rings. The van der Waals surface area contributed by atoms with Gasteiger partial charge in [-0.3, -0.25) is 0 Å². The van der Waals surface area contributed by atoms with E-state index in [2.05, 4.69) is 37.9 Å². The molecule has 0 bridgehead atoms. The molecule has 0 unspecified atom stereocenters. The SMILES string of the molecule is CC.CC1=C(C)N(C)CC=CC1. The van der Waals surface area contributed by atoms with E-state index >= 15 is 0 Å². The molecule has 0 fully saturated rings. The predicted molar refractivity (Wildman–Crippen MR) is 56.1 cm³/mol. The summed E-state index contributed by atoms with van der Waals surface area (Å²) in [6.07, 6.45) is 5.58. The van der Waals surface area contributed by atoms with Crippen molar-refractivity contribution in [3.05, 3.63) is 23.4 Å². The first-order valence-electron chi connectivity index (χ1n) is 4.74. The highest BCUT2D eigenvalue weighted by molar-refractivity contribution is 5.15. The van der Waals surface area contributed by atoms with Gasteiger partial charge in [-0.15, -0.1) is 0 Å². The number of hydrogen-bond donors (Lipinski definition) is 0. The third-order valence-electron chi connectivity index (χ3n) is 2.16. The summed E-state index contributed by atoms with van der Waals surface area (Å²) in [5.41, 5.74) is 2.90. The lowest BCUT2D eigenvalue weighted by Gasteiger charge is -2.18. The Morgan fingerprint density at radius 1 is 1.17 bits per heavy atom. The molecule has 0 N–H and O–H groups in total. The maximum Gasteiger partial charge on any atom is 0.0353 e. The van der Waals surface area contributed by atoms with Gasteiger partial charge in [-0.1, -0.05) is 31.6 Å². The van der Waals surface area contributed by atoms with Crippen LogP contribution in [0.2, 0.25) is 0 Å². The monoisotopic (exact) mass is 167 g/mol. The third-order valence-corrected chi connectivity index (χ3v) is 2.16. The molecular formula is C11H21N. The normalized spacial score (nSPS) is 16.9. The van der Waals surface area contributed by atoms with Gasteiger partial charge < -0.3 is 4.90 Å². The fourth-order valence-electron chi connectivity index (χ4n) is 1.10. The molecule has 1 aliphatic heterocycles. The predicted octanol–water partition coefficient (Wildman–Crippen LogP) is 3.20. The van der Waals surface area contributed by atoms with Crippen molar-refractivity contribution in [3.8, 4) is 0 Å². The Morgan fingerprint density at radius 2 is 1.75 bits per heavy atom. The fraction of sp³-hybridized carbons (Fsp3) is 0.636. The van der Waals surface area contributed by atoms with Gasteiger partial charge in [0.05, 0.1) is 0 Å². The summed E-state index contributed by atoms with van der Waals surface area (Å²) >= 11 is 0. The van der Waals surface area contributed by atoms with E-state index in [0.29, 0.717) is 0 Å². The number of nitrogens with zero attached hydrogens (tertiary/aromatic N) is 1. The van der Waals surface area contributed by atoms with Gasteiger partial charge in [0.2, 0.25) is 0 Å². The number of rotatable bonds is 0. The van der Waals surface area contributed by atoms with Crippen LogP contribution in [0.4, 0.5) is 0 Å². The molecular weight excluding hydrogens is 146 g/mol. The molecule has 1 heterocycles. The van der Waals surface area contributed by atoms with Gasteiger partial charge in [-0.25, -0.2) is 0 Å². The number of hydrogen-bond acceptors (Lipinski definition) is 1. The molecule has 0 aromatic carbocycles. The Morgan fingerprint density at radius 3 is 2.33 bits per heavy atom. The summed E-state index contributed by atoms with van der Waals surface area (Å²) < 4.78 is 0. The van der Waals surface area contributed by atoms with Crippen LogP contribution in [0.25, 0.3) is 0 Å². The molecule has 0 radical (unpaired) electrons. The molecule has 0 saturated carbocycles. The van der Waals surface area contributed by atoms with Crippen LogP contribution in [0.3, 0.4) is 0 Å². The van der Waals surface area contributed by atoms with E-state index < -0.39 is 0 Å². The smallest absolute Gasteiger partial charge is 0.0353 e. The van der Waals surface area contributed by atoms with Crippen LogP contribution in [-0.4, -0.2) is 18.5 Å². The van der Waals surface area contributed by atoms with Gasteiger partial charge in [0.1, 0.15) is 0 Å². The molecule has 0 aliphatic carbocycles. The molecule has 1 rings (SSSR count). The zero-order valence-corrected chi connectivity index (χ0v) is 9.02. The standard InChI is InChI=1S/C9H15N.C2H6/c1-8-6-4-5-7-10(3)9(8)2;1-2/h4-5H,6-7H2,1-3H3;1-2H3. The maximum absolute atomic E-state index is 2.28. The average Bonchev–Trinajstić information content (AvgIpc) is 2.24. The lowest BCUT2D eigenvalue weighted by Crippen LogP contribution is -2.15. The summed E-state index contributed by atoms with van der Waals surface area (Å²) in [4.78, 5) is 2.28. The Kier molecular flexibility index (Phi) is 5.52. The van der Waals surface area contributed by atoms with Crippen LogP contribution in [0.15, 0.2) is 23.4 Å². The van der Waals surface area contributed by atoms with Crippen molar-refractivity contribution in [1.29, 1.82) is 0 Å². The molecule has 12 heavy (non-hydrogen) atoms. The zero-order valence-electron chi connectivity index (χ0n) is 9.02. The molecule has 1 nitrogen and oxygen atoms in total.